The maximum atomic E-state index is 12.2. The molecule has 0 amide bonds. The van der Waals surface area contributed by atoms with E-state index in [9.17, 15) is 9.59 Å². The van der Waals surface area contributed by atoms with Crippen LogP contribution >= 0.6 is 0 Å². The van der Waals surface area contributed by atoms with Crippen molar-refractivity contribution >= 4 is 0 Å². The van der Waals surface area contributed by atoms with Gasteiger partial charge in [-0.05, 0) is 25.7 Å². The first-order chi connectivity index (χ1) is 11.0. The van der Waals surface area contributed by atoms with Gasteiger partial charge in [0.25, 0.3) is 5.56 Å². The molecule has 1 aromatic rings. The van der Waals surface area contributed by atoms with Crippen molar-refractivity contribution in [1.82, 2.24) is 9.55 Å². The average molecular weight is 316 g/mol. The van der Waals surface area contributed by atoms with Gasteiger partial charge in [-0.3, -0.25) is 14.3 Å². The molecule has 0 aromatic carbocycles. The minimum absolute atomic E-state index is 0.0850. The van der Waals surface area contributed by atoms with Gasteiger partial charge in [-0.2, -0.15) is 0 Å². The molecule has 4 atom stereocenters. The zero-order chi connectivity index (χ0) is 16.6. The molecule has 23 heavy (non-hydrogen) atoms. The highest BCUT2D eigenvalue weighted by Crippen LogP contribution is 2.37. The number of rotatable bonds is 1. The van der Waals surface area contributed by atoms with Crippen LogP contribution in [-0.2, 0) is 4.74 Å². The monoisotopic (exact) mass is 316 g/mol. The number of hydrogen-bond acceptors (Lipinski definition) is 3. The summed E-state index contributed by atoms with van der Waals surface area (Å²) in [6.07, 6.45) is 5.91. The highest BCUT2D eigenvalue weighted by Gasteiger charge is 2.38. The molecule has 2 heterocycles. The van der Waals surface area contributed by atoms with Crippen LogP contribution in [0.1, 0.15) is 58.2 Å². The number of hydrogen-bond donors (Lipinski definition) is 1. The Hall–Kier alpha value is -1.80. The number of H-pyrrole nitrogens is 1. The summed E-state index contributed by atoms with van der Waals surface area (Å²) < 4.78 is 7.41. The molecule has 1 aromatic heterocycles. The molecule has 1 N–H and O–H groups in total. The highest BCUT2D eigenvalue weighted by atomic mass is 16.5. The van der Waals surface area contributed by atoms with E-state index in [4.69, 9.17) is 4.74 Å². The molecule has 1 aliphatic carbocycles. The number of nitrogens with zero attached hydrogens (tertiary/aromatic N) is 1. The van der Waals surface area contributed by atoms with Crippen molar-refractivity contribution < 1.29 is 4.74 Å². The van der Waals surface area contributed by atoms with Crippen molar-refractivity contribution in [3.63, 3.8) is 0 Å². The van der Waals surface area contributed by atoms with Crippen LogP contribution in [-0.4, -0.2) is 15.7 Å². The number of aromatic nitrogens is 2. The van der Waals surface area contributed by atoms with Gasteiger partial charge in [0, 0.05) is 18.0 Å². The van der Waals surface area contributed by atoms with Crippen LogP contribution in [0.3, 0.4) is 0 Å². The van der Waals surface area contributed by atoms with Crippen molar-refractivity contribution in [3.8, 4) is 11.8 Å². The average Bonchev–Trinajstić information content (AvgIpc) is 3.11. The standard InChI is InChI=1S/C18H24N2O3/c1-11-12(2)17(23-13(11)3)20-10-15(16(21)19-18(20)22)9-8-14-6-4-5-7-14/h10-14,17H,4-7H2,1-3H3,(H,19,21,22). The lowest BCUT2D eigenvalue weighted by molar-refractivity contribution is -0.00764. The maximum absolute atomic E-state index is 12.2. The molecular weight excluding hydrogens is 292 g/mol. The number of ether oxygens (including phenoxy) is 1. The normalized spacial score (nSPS) is 31.1. The molecule has 2 fully saturated rings. The van der Waals surface area contributed by atoms with E-state index in [0.717, 1.165) is 12.8 Å². The molecule has 124 valence electrons. The molecule has 5 nitrogen and oxygen atoms in total. The van der Waals surface area contributed by atoms with E-state index in [2.05, 4.69) is 30.7 Å². The summed E-state index contributed by atoms with van der Waals surface area (Å²) >= 11 is 0. The second kappa shape index (κ2) is 6.37. The summed E-state index contributed by atoms with van der Waals surface area (Å²) in [4.78, 5) is 26.6. The summed E-state index contributed by atoms with van der Waals surface area (Å²) in [6, 6.07) is 0. The second-order valence-corrected chi connectivity index (χ2v) is 6.91. The van der Waals surface area contributed by atoms with Gasteiger partial charge in [-0.15, -0.1) is 0 Å². The third kappa shape index (κ3) is 3.13. The van der Waals surface area contributed by atoms with Gasteiger partial charge in [-0.25, -0.2) is 4.79 Å². The van der Waals surface area contributed by atoms with Crippen LogP contribution in [0.4, 0.5) is 0 Å². The van der Waals surface area contributed by atoms with Gasteiger partial charge in [0.1, 0.15) is 11.8 Å². The lowest BCUT2D eigenvalue weighted by atomic mass is 9.93. The fourth-order valence-corrected chi connectivity index (χ4v) is 3.49. The smallest absolute Gasteiger partial charge is 0.330 e. The van der Waals surface area contributed by atoms with E-state index >= 15 is 0 Å². The molecule has 4 unspecified atom stereocenters. The highest BCUT2D eigenvalue weighted by molar-refractivity contribution is 5.30. The van der Waals surface area contributed by atoms with Gasteiger partial charge >= 0.3 is 5.69 Å². The topological polar surface area (TPSA) is 64.1 Å². The van der Waals surface area contributed by atoms with Crippen molar-refractivity contribution in [3.05, 3.63) is 32.6 Å². The third-order valence-corrected chi connectivity index (χ3v) is 5.38. The first-order valence-corrected chi connectivity index (χ1v) is 8.50. The second-order valence-electron chi connectivity index (χ2n) is 6.91. The van der Waals surface area contributed by atoms with Gasteiger partial charge in [-0.1, -0.05) is 38.5 Å². The predicted octanol–water partition coefficient (Wildman–Crippen LogP) is 2.27. The van der Waals surface area contributed by atoms with E-state index < -0.39 is 11.2 Å². The van der Waals surface area contributed by atoms with Gasteiger partial charge in [0.05, 0.1) is 6.10 Å². The summed E-state index contributed by atoms with van der Waals surface area (Å²) in [7, 11) is 0. The molecule has 3 rings (SSSR count). The predicted molar refractivity (Wildman–Crippen MR) is 88.1 cm³/mol. The summed E-state index contributed by atoms with van der Waals surface area (Å²) in [5.41, 5.74) is -0.498. The quantitative estimate of drug-likeness (QED) is 0.808. The van der Waals surface area contributed by atoms with Crippen LogP contribution in [0, 0.1) is 29.6 Å². The molecule has 0 spiro atoms. The Labute approximate surface area is 136 Å². The zero-order valence-electron chi connectivity index (χ0n) is 14.0. The number of nitrogens with one attached hydrogen (secondary N) is 1. The Morgan fingerprint density at radius 3 is 2.48 bits per heavy atom. The molecule has 0 bridgehead atoms. The van der Waals surface area contributed by atoms with Crippen LogP contribution in [0.15, 0.2) is 15.8 Å². The first kappa shape index (κ1) is 16.1. The van der Waals surface area contributed by atoms with E-state index in [1.807, 2.05) is 6.92 Å². The lowest BCUT2D eigenvalue weighted by Crippen LogP contribution is -2.35. The SMILES string of the molecule is CC1OC(n2cc(C#CC3CCCC3)c(=O)[nH]c2=O)C(C)C1C. The Bertz CT molecular complexity index is 746. The lowest BCUT2D eigenvalue weighted by Gasteiger charge is -2.18. The third-order valence-electron chi connectivity index (χ3n) is 5.38. The summed E-state index contributed by atoms with van der Waals surface area (Å²) in [5.74, 6) is 7.08. The van der Waals surface area contributed by atoms with Crippen molar-refractivity contribution in [2.75, 3.05) is 0 Å². The number of aromatic amines is 1. The Morgan fingerprint density at radius 1 is 1.17 bits per heavy atom. The molecule has 1 saturated carbocycles. The van der Waals surface area contributed by atoms with Crippen LogP contribution < -0.4 is 11.2 Å². The molecule has 2 aliphatic rings. The van der Waals surface area contributed by atoms with Crippen molar-refractivity contribution in [2.24, 2.45) is 17.8 Å². The van der Waals surface area contributed by atoms with E-state index in [1.54, 1.807) is 6.20 Å². The Balaban J connectivity index is 1.94. The fourth-order valence-electron chi connectivity index (χ4n) is 3.49. The maximum Gasteiger partial charge on any atom is 0.330 e. The molecule has 0 radical (unpaired) electrons. The van der Waals surface area contributed by atoms with Gasteiger partial charge in [0.15, 0.2) is 0 Å². The van der Waals surface area contributed by atoms with E-state index in [1.165, 1.54) is 17.4 Å². The fraction of sp³-hybridized carbons (Fsp3) is 0.667. The van der Waals surface area contributed by atoms with Gasteiger partial charge < -0.3 is 4.74 Å². The Morgan fingerprint density at radius 2 is 1.87 bits per heavy atom. The van der Waals surface area contributed by atoms with Crippen LogP contribution in [0.2, 0.25) is 0 Å². The summed E-state index contributed by atoms with van der Waals surface area (Å²) in [6.45, 7) is 6.20. The molecular formula is C18H24N2O3. The van der Waals surface area contributed by atoms with Crippen molar-refractivity contribution in [1.29, 1.82) is 0 Å². The van der Waals surface area contributed by atoms with Gasteiger partial charge in [0.2, 0.25) is 0 Å². The molecule has 1 saturated heterocycles. The minimum atomic E-state index is -0.431. The summed E-state index contributed by atoms with van der Waals surface area (Å²) in [5, 5.41) is 0. The Kier molecular flexibility index (Phi) is 4.45. The molecule has 1 aliphatic heterocycles. The van der Waals surface area contributed by atoms with Crippen LogP contribution in [0.5, 0.6) is 0 Å². The molecule has 5 heteroatoms. The van der Waals surface area contributed by atoms with E-state index in [0.29, 0.717) is 17.4 Å². The minimum Gasteiger partial charge on any atom is -0.354 e. The first-order valence-electron chi connectivity index (χ1n) is 8.50. The van der Waals surface area contributed by atoms with Crippen LogP contribution in [0.25, 0.3) is 0 Å². The van der Waals surface area contributed by atoms with Crippen molar-refractivity contribution in [2.45, 2.75) is 58.8 Å². The zero-order valence-corrected chi connectivity index (χ0v) is 14.0. The largest absolute Gasteiger partial charge is 0.354 e. The van der Waals surface area contributed by atoms with E-state index in [-0.39, 0.29) is 18.2 Å².